The van der Waals surface area contributed by atoms with Crippen molar-refractivity contribution in [3.05, 3.63) is 41.0 Å². The lowest BCUT2D eigenvalue weighted by Gasteiger charge is -2.11. The fourth-order valence-corrected chi connectivity index (χ4v) is 2.12. The van der Waals surface area contributed by atoms with E-state index in [0.29, 0.717) is 16.8 Å². The summed E-state index contributed by atoms with van der Waals surface area (Å²) < 4.78 is 0. The van der Waals surface area contributed by atoms with Gasteiger partial charge in [0.1, 0.15) is 5.82 Å². The van der Waals surface area contributed by atoms with Gasteiger partial charge in [-0.05, 0) is 45.6 Å². The van der Waals surface area contributed by atoms with Crippen LogP contribution in [-0.2, 0) is 6.42 Å². The third-order valence-corrected chi connectivity index (χ3v) is 3.40. The molecule has 2 aromatic rings. The monoisotopic (exact) mass is 305 g/mol. The second-order valence-electron chi connectivity index (χ2n) is 5.12. The number of nitrogen functional groups attached to an aromatic ring is 1. The highest BCUT2D eigenvalue weighted by Crippen LogP contribution is 2.23. The maximum Gasteiger partial charge on any atom is 0.229 e. The number of aromatic nitrogens is 2. The molecule has 21 heavy (non-hydrogen) atoms. The van der Waals surface area contributed by atoms with Crippen LogP contribution in [0.1, 0.15) is 12.0 Å². The third kappa shape index (κ3) is 4.58. The molecule has 112 valence electrons. The van der Waals surface area contributed by atoms with Gasteiger partial charge in [0.25, 0.3) is 0 Å². The van der Waals surface area contributed by atoms with Crippen molar-refractivity contribution in [1.82, 2.24) is 14.9 Å². The predicted octanol–water partition coefficient (Wildman–Crippen LogP) is 2.95. The van der Waals surface area contributed by atoms with Crippen LogP contribution in [0.3, 0.4) is 0 Å². The topological polar surface area (TPSA) is 67.1 Å². The Labute approximate surface area is 130 Å². The summed E-state index contributed by atoms with van der Waals surface area (Å²) in [7, 11) is 4.10. The number of aryl methyl sites for hydroxylation is 1. The van der Waals surface area contributed by atoms with Crippen molar-refractivity contribution in [1.29, 1.82) is 0 Å². The van der Waals surface area contributed by atoms with E-state index in [1.807, 2.05) is 24.3 Å². The van der Waals surface area contributed by atoms with Gasteiger partial charge in [0.2, 0.25) is 5.95 Å². The average molecular weight is 306 g/mol. The van der Waals surface area contributed by atoms with Crippen LogP contribution in [-0.4, -0.2) is 35.5 Å². The maximum absolute atomic E-state index is 6.09. The van der Waals surface area contributed by atoms with Crippen molar-refractivity contribution < 1.29 is 0 Å². The Bertz CT molecular complexity index is 600. The Balaban J connectivity index is 2.03. The number of nitrogens with two attached hydrogens (primary N) is 1. The van der Waals surface area contributed by atoms with E-state index in [0.717, 1.165) is 30.6 Å². The van der Waals surface area contributed by atoms with E-state index in [2.05, 4.69) is 34.3 Å². The van der Waals surface area contributed by atoms with Crippen LogP contribution in [0.15, 0.2) is 30.5 Å². The summed E-state index contributed by atoms with van der Waals surface area (Å²) in [6, 6.07) is 7.44. The van der Waals surface area contributed by atoms with Crippen LogP contribution in [0.2, 0.25) is 5.02 Å². The lowest BCUT2D eigenvalue weighted by atomic mass is 10.1. The molecule has 5 nitrogen and oxygen atoms in total. The number of nitrogens with zero attached hydrogens (tertiary/aromatic N) is 3. The molecule has 1 aromatic heterocycles. The van der Waals surface area contributed by atoms with Gasteiger partial charge < -0.3 is 16.0 Å². The Kier molecular flexibility index (Phi) is 5.36. The second-order valence-corrected chi connectivity index (χ2v) is 5.52. The van der Waals surface area contributed by atoms with E-state index in [9.17, 15) is 0 Å². The summed E-state index contributed by atoms with van der Waals surface area (Å²) in [4.78, 5) is 10.7. The van der Waals surface area contributed by atoms with Gasteiger partial charge in [0, 0.05) is 11.8 Å². The Morgan fingerprint density at radius 3 is 2.71 bits per heavy atom. The smallest absolute Gasteiger partial charge is 0.229 e. The normalized spacial score (nSPS) is 10.9. The number of anilines is 3. The van der Waals surface area contributed by atoms with Crippen molar-refractivity contribution in [2.45, 2.75) is 12.8 Å². The molecule has 0 unspecified atom stereocenters. The minimum atomic E-state index is 0.456. The predicted molar refractivity (Wildman–Crippen MR) is 88.1 cm³/mol. The molecule has 0 bridgehead atoms. The molecule has 0 atom stereocenters. The molecule has 6 heteroatoms. The molecule has 0 saturated heterocycles. The van der Waals surface area contributed by atoms with E-state index in [1.54, 1.807) is 6.20 Å². The lowest BCUT2D eigenvalue weighted by molar-refractivity contribution is 0.400. The fourth-order valence-electron chi connectivity index (χ4n) is 1.94. The molecule has 1 aromatic carbocycles. The number of hydrogen-bond donors (Lipinski definition) is 2. The van der Waals surface area contributed by atoms with Gasteiger partial charge in [-0.1, -0.05) is 23.7 Å². The molecule has 0 fully saturated rings. The first-order valence-electron chi connectivity index (χ1n) is 6.84. The average Bonchev–Trinajstić information content (AvgIpc) is 2.43. The third-order valence-electron chi connectivity index (χ3n) is 3.07. The van der Waals surface area contributed by atoms with Gasteiger partial charge in [-0.25, -0.2) is 4.98 Å². The van der Waals surface area contributed by atoms with Gasteiger partial charge in [0.15, 0.2) is 0 Å². The first kappa shape index (κ1) is 15.5. The van der Waals surface area contributed by atoms with Gasteiger partial charge in [0.05, 0.1) is 10.7 Å². The molecule has 0 aliphatic carbocycles. The minimum Gasteiger partial charge on any atom is -0.383 e. The van der Waals surface area contributed by atoms with Gasteiger partial charge in [-0.3, -0.25) is 0 Å². The van der Waals surface area contributed by atoms with Crippen LogP contribution >= 0.6 is 11.6 Å². The number of rotatable bonds is 6. The van der Waals surface area contributed by atoms with Crippen LogP contribution in [0.25, 0.3) is 0 Å². The van der Waals surface area contributed by atoms with Crippen molar-refractivity contribution in [2.24, 2.45) is 0 Å². The van der Waals surface area contributed by atoms with Crippen molar-refractivity contribution in [2.75, 3.05) is 31.7 Å². The van der Waals surface area contributed by atoms with Crippen LogP contribution in [0.5, 0.6) is 0 Å². The zero-order valence-electron chi connectivity index (χ0n) is 12.3. The highest BCUT2D eigenvalue weighted by molar-refractivity contribution is 6.33. The van der Waals surface area contributed by atoms with Gasteiger partial charge in [-0.2, -0.15) is 4.98 Å². The van der Waals surface area contributed by atoms with Gasteiger partial charge in [-0.15, -0.1) is 0 Å². The largest absolute Gasteiger partial charge is 0.383 e. The molecule has 1 heterocycles. The van der Waals surface area contributed by atoms with E-state index >= 15 is 0 Å². The first-order valence-corrected chi connectivity index (χ1v) is 7.21. The van der Waals surface area contributed by atoms with Crippen LogP contribution < -0.4 is 11.1 Å². The summed E-state index contributed by atoms with van der Waals surface area (Å²) in [5.74, 6) is 0.968. The van der Waals surface area contributed by atoms with Crippen LogP contribution in [0, 0.1) is 0 Å². The van der Waals surface area contributed by atoms with E-state index < -0.39 is 0 Å². The summed E-state index contributed by atoms with van der Waals surface area (Å²) in [6.07, 6.45) is 3.67. The zero-order valence-corrected chi connectivity index (χ0v) is 13.1. The summed E-state index contributed by atoms with van der Waals surface area (Å²) in [6.45, 7) is 1.01. The first-order chi connectivity index (χ1) is 10.1. The van der Waals surface area contributed by atoms with Gasteiger partial charge >= 0.3 is 0 Å². The highest BCUT2D eigenvalue weighted by atomic mass is 35.5. The quantitative estimate of drug-likeness (QED) is 0.859. The molecule has 0 aliphatic heterocycles. The highest BCUT2D eigenvalue weighted by Gasteiger charge is 2.06. The summed E-state index contributed by atoms with van der Waals surface area (Å²) in [5, 5.41) is 3.69. The van der Waals surface area contributed by atoms with Crippen molar-refractivity contribution in [3.8, 4) is 0 Å². The maximum atomic E-state index is 6.09. The zero-order chi connectivity index (χ0) is 15.2. The molecular weight excluding hydrogens is 286 g/mol. The second kappa shape index (κ2) is 7.24. The minimum absolute atomic E-state index is 0.456. The molecule has 0 radical (unpaired) electrons. The molecule has 2 rings (SSSR count). The molecule has 0 saturated carbocycles. The van der Waals surface area contributed by atoms with E-state index in [1.165, 1.54) is 0 Å². The number of benzene rings is 1. The fraction of sp³-hybridized carbons (Fsp3) is 0.333. The Hall–Kier alpha value is -1.85. The molecule has 0 spiro atoms. The number of para-hydroxylation sites is 1. The SMILES string of the molecule is CN(C)CCCc1cnc(Nc2ccccc2Cl)nc1N. The molecule has 0 aliphatic rings. The number of halogens is 1. The number of nitrogens with one attached hydrogen (secondary N) is 1. The standard InChI is InChI=1S/C15H20ClN5/c1-21(2)9-5-6-11-10-18-15(20-14(11)17)19-13-8-4-3-7-12(13)16/h3-4,7-8,10H,5-6,9H2,1-2H3,(H3,17,18,19,20). The lowest BCUT2D eigenvalue weighted by Crippen LogP contribution is -2.14. The number of hydrogen-bond acceptors (Lipinski definition) is 5. The van der Waals surface area contributed by atoms with Crippen molar-refractivity contribution >= 4 is 29.1 Å². The summed E-state index contributed by atoms with van der Waals surface area (Å²) >= 11 is 6.09. The van der Waals surface area contributed by atoms with Crippen LogP contribution in [0.4, 0.5) is 17.5 Å². The molecule has 3 N–H and O–H groups in total. The Morgan fingerprint density at radius 1 is 1.29 bits per heavy atom. The molecular formula is C15H20ClN5. The van der Waals surface area contributed by atoms with E-state index in [4.69, 9.17) is 17.3 Å². The summed E-state index contributed by atoms with van der Waals surface area (Å²) in [5.41, 5.74) is 7.73. The molecule has 0 amide bonds. The van der Waals surface area contributed by atoms with Crippen molar-refractivity contribution in [3.63, 3.8) is 0 Å². The van der Waals surface area contributed by atoms with E-state index in [-0.39, 0.29) is 0 Å². The Morgan fingerprint density at radius 2 is 2.05 bits per heavy atom.